The average Bonchev–Trinajstić information content (AvgIpc) is 2.73. The number of Topliss-reactive ketones (excluding diaryl/α,β-unsaturated/α-hetero) is 1. The highest BCUT2D eigenvalue weighted by atomic mass is 79.9. The molecule has 1 atom stereocenters. The molecule has 0 radical (unpaired) electrons. The van der Waals surface area contributed by atoms with Crippen LogP contribution in [-0.4, -0.2) is 11.7 Å². The SMILES string of the molecule is CC1(C)CC(=O)C2=C(C1)N(c1ccc(Br)cc1)C(=O)CC2c1cccc2ccccc12. The minimum absolute atomic E-state index is 0.0458. The quantitative estimate of drug-likeness (QED) is 0.411. The van der Waals surface area contributed by atoms with Crippen molar-refractivity contribution in [2.24, 2.45) is 5.41 Å². The number of nitrogens with zero attached hydrogens (tertiary/aromatic N) is 1. The summed E-state index contributed by atoms with van der Waals surface area (Å²) >= 11 is 3.47. The summed E-state index contributed by atoms with van der Waals surface area (Å²) in [5.41, 5.74) is 3.41. The fourth-order valence-electron chi connectivity index (χ4n) is 5.13. The predicted octanol–water partition coefficient (Wildman–Crippen LogP) is 6.77. The molecule has 31 heavy (non-hydrogen) atoms. The van der Waals surface area contributed by atoms with Crippen molar-refractivity contribution in [2.45, 2.75) is 39.0 Å². The maximum Gasteiger partial charge on any atom is 0.232 e. The summed E-state index contributed by atoms with van der Waals surface area (Å²) in [6, 6.07) is 22.2. The molecule has 1 aliphatic carbocycles. The van der Waals surface area contributed by atoms with Crippen LogP contribution in [0.3, 0.4) is 0 Å². The Morgan fingerprint density at radius 3 is 2.39 bits per heavy atom. The smallest absolute Gasteiger partial charge is 0.232 e. The molecule has 1 aliphatic heterocycles. The van der Waals surface area contributed by atoms with Crippen molar-refractivity contribution < 1.29 is 9.59 Å². The van der Waals surface area contributed by atoms with Crippen molar-refractivity contribution in [1.29, 1.82) is 0 Å². The number of allylic oxidation sites excluding steroid dienone is 2. The Hall–Kier alpha value is -2.72. The van der Waals surface area contributed by atoms with Gasteiger partial charge in [-0.3, -0.25) is 14.5 Å². The zero-order valence-corrected chi connectivity index (χ0v) is 19.3. The van der Waals surface area contributed by atoms with E-state index in [1.54, 1.807) is 4.90 Å². The maximum absolute atomic E-state index is 13.5. The van der Waals surface area contributed by atoms with Gasteiger partial charge in [0.15, 0.2) is 5.78 Å². The zero-order chi connectivity index (χ0) is 21.8. The molecule has 1 unspecified atom stereocenters. The third-order valence-corrected chi connectivity index (χ3v) is 6.96. The fraction of sp³-hybridized carbons (Fsp3) is 0.259. The summed E-state index contributed by atoms with van der Waals surface area (Å²) in [7, 11) is 0. The first kappa shape index (κ1) is 20.2. The van der Waals surface area contributed by atoms with E-state index in [2.05, 4.69) is 54.0 Å². The lowest BCUT2D eigenvalue weighted by Gasteiger charge is -2.43. The van der Waals surface area contributed by atoms with E-state index in [4.69, 9.17) is 0 Å². The zero-order valence-electron chi connectivity index (χ0n) is 17.7. The van der Waals surface area contributed by atoms with E-state index < -0.39 is 0 Å². The van der Waals surface area contributed by atoms with Gasteiger partial charge in [0.1, 0.15) is 0 Å². The summed E-state index contributed by atoms with van der Waals surface area (Å²) in [6.45, 7) is 4.22. The standard InChI is InChI=1S/C27H24BrNO2/c1-27(2)15-23-26(24(30)16-27)22(21-9-5-7-17-6-3-4-8-20(17)21)14-25(31)29(23)19-12-10-18(28)11-13-19/h3-13,22H,14-16H2,1-2H3. The molecule has 2 aliphatic rings. The predicted molar refractivity (Wildman–Crippen MR) is 128 cm³/mol. The van der Waals surface area contributed by atoms with Crippen LogP contribution in [0.5, 0.6) is 0 Å². The van der Waals surface area contributed by atoms with Gasteiger partial charge in [-0.2, -0.15) is 0 Å². The van der Waals surface area contributed by atoms with Crippen LogP contribution in [0.15, 0.2) is 82.5 Å². The summed E-state index contributed by atoms with van der Waals surface area (Å²) in [5, 5.41) is 2.25. The maximum atomic E-state index is 13.5. The largest absolute Gasteiger partial charge is 0.294 e. The van der Waals surface area contributed by atoms with E-state index in [0.717, 1.165) is 37.8 Å². The van der Waals surface area contributed by atoms with E-state index in [0.29, 0.717) is 19.3 Å². The first-order chi connectivity index (χ1) is 14.8. The minimum atomic E-state index is -0.205. The molecule has 0 saturated heterocycles. The summed E-state index contributed by atoms with van der Waals surface area (Å²) in [5.74, 6) is 0.00667. The first-order valence-electron chi connectivity index (χ1n) is 10.7. The molecule has 0 bridgehead atoms. The molecule has 1 amide bonds. The van der Waals surface area contributed by atoms with Crippen LogP contribution in [0, 0.1) is 5.41 Å². The Morgan fingerprint density at radius 2 is 1.61 bits per heavy atom. The molecule has 1 heterocycles. The van der Waals surface area contributed by atoms with Gasteiger partial charge in [-0.1, -0.05) is 72.2 Å². The van der Waals surface area contributed by atoms with Gasteiger partial charge in [0.05, 0.1) is 0 Å². The summed E-state index contributed by atoms with van der Waals surface area (Å²) in [4.78, 5) is 28.8. The van der Waals surface area contributed by atoms with Crippen LogP contribution < -0.4 is 4.90 Å². The Morgan fingerprint density at radius 1 is 0.903 bits per heavy atom. The molecule has 3 aromatic carbocycles. The number of anilines is 1. The van der Waals surface area contributed by atoms with Crippen LogP contribution >= 0.6 is 15.9 Å². The highest BCUT2D eigenvalue weighted by molar-refractivity contribution is 9.10. The number of carbonyl (C=O) groups is 2. The van der Waals surface area contributed by atoms with Crippen LogP contribution in [0.2, 0.25) is 0 Å². The Labute approximate surface area is 190 Å². The Kier molecular flexibility index (Phi) is 4.86. The molecular weight excluding hydrogens is 450 g/mol. The lowest BCUT2D eigenvalue weighted by atomic mass is 9.69. The monoisotopic (exact) mass is 473 g/mol. The highest BCUT2D eigenvalue weighted by Crippen LogP contribution is 2.49. The summed E-state index contributed by atoms with van der Waals surface area (Å²) < 4.78 is 0.962. The molecular formula is C27H24BrNO2. The third-order valence-electron chi connectivity index (χ3n) is 6.43. The van der Waals surface area contributed by atoms with Crippen LogP contribution in [-0.2, 0) is 9.59 Å². The van der Waals surface area contributed by atoms with Crippen molar-refractivity contribution in [3.63, 3.8) is 0 Å². The number of hydrogen-bond donors (Lipinski definition) is 0. The van der Waals surface area contributed by atoms with E-state index in [1.165, 1.54) is 0 Å². The fourth-order valence-corrected chi connectivity index (χ4v) is 5.39. The van der Waals surface area contributed by atoms with E-state index in [9.17, 15) is 9.59 Å². The minimum Gasteiger partial charge on any atom is -0.294 e. The Bertz CT molecular complexity index is 1230. The molecule has 5 rings (SSSR count). The second-order valence-electron chi connectivity index (χ2n) is 9.33. The molecule has 4 heteroatoms. The van der Waals surface area contributed by atoms with E-state index in [1.807, 2.05) is 42.5 Å². The molecule has 3 nitrogen and oxygen atoms in total. The number of benzene rings is 3. The van der Waals surface area contributed by atoms with Crippen molar-refractivity contribution in [3.8, 4) is 0 Å². The lowest BCUT2D eigenvalue weighted by Crippen LogP contribution is -2.43. The van der Waals surface area contributed by atoms with Gasteiger partial charge in [-0.25, -0.2) is 0 Å². The van der Waals surface area contributed by atoms with Gasteiger partial charge in [-0.15, -0.1) is 0 Å². The second-order valence-corrected chi connectivity index (χ2v) is 10.2. The average molecular weight is 474 g/mol. The molecule has 0 fully saturated rings. The molecule has 0 saturated carbocycles. The molecule has 0 aromatic heterocycles. The van der Waals surface area contributed by atoms with Gasteiger partial charge in [0, 0.05) is 40.2 Å². The molecule has 3 aromatic rings. The molecule has 0 spiro atoms. The van der Waals surface area contributed by atoms with Gasteiger partial charge in [0.2, 0.25) is 5.91 Å². The number of fused-ring (bicyclic) bond motifs is 1. The first-order valence-corrected chi connectivity index (χ1v) is 11.5. The van der Waals surface area contributed by atoms with Gasteiger partial charge < -0.3 is 0 Å². The number of ketones is 1. The lowest BCUT2D eigenvalue weighted by molar-refractivity contribution is -0.120. The normalized spacial score (nSPS) is 20.9. The topological polar surface area (TPSA) is 37.4 Å². The number of amides is 1. The van der Waals surface area contributed by atoms with Crippen molar-refractivity contribution in [2.75, 3.05) is 4.90 Å². The van der Waals surface area contributed by atoms with Crippen molar-refractivity contribution >= 4 is 44.1 Å². The van der Waals surface area contributed by atoms with Gasteiger partial charge >= 0.3 is 0 Å². The summed E-state index contributed by atoms with van der Waals surface area (Å²) in [6.07, 6.45) is 1.52. The molecule has 0 N–H and O–H groups in total. The van der Waals surface area contributed by atoms with Crippen LogP contribution in [0.4, 0.5) is 5.69 Å². The second kappa shape index (κ2) is 7.45. The third kappa shape index (κ3) is 3.53. The highest BCUT2D eigenvalue weighted by Gasteiger charge is 2.44. The number of carbonyl (C=O) groups excluding carboxylic acids is 2. The number of rotatable bonds is 2. The van der Waals surface area contributed by atoms with Crippen molar-refractivity contribution in [1.82, 2.24) is 0 Å². The van der Waals surface area contributed by atoms with E-state index >= 15 is 0 Å². The number of hydrogen-bond acceptors (Lipinski definition) is 2. The number of halogens is 1. The van der Waals surface area contributed by atoms with Gasteiger partial charge in [-0.05, 0) is 52.4 Å². The van der Waals surface area contributed by atoms with Crippen molar-refractivity contribution in [3.05, 3.63) is 88.0 Å². The van der Waals surface area contributed by atoms with Crippen LogP contribution in [0.25, 0.3) is 10.8 Å². The van der Waals surface area contributed by atoms with E-state index in [-0.39, 0.29) is 23.0 Å². The molecule has 156 valence electrons. The van der Waals surface area contributed by atoms with Gasteiger partial charge in [0.25, 0.3) is 0 Å². The van der Waals surface area contributed by atoms with Crippen LogP contribution in [0.1, 0.15) is 44.6 Å². The Balaban J connectivity index is 1.73.